The zero-order valence-corrected chi connectivity index (χ0v) is 7.42. The van der Waals surface area contributed by atoms with Crippen LogP contribution in [0.2, 0.25) is 0 Å². The number of aliphatic hydroxyl groups excluding tert-OH is 1. The maximum atomic E-state index is 10.9. The fourth-order valence-electron chi connectivity index (χ4n) is 0.928. The zero-order valence-electron chi connectivity index (χ0n) is 7.42. The lowest BCUT2D eigenvalue weighted by atomic mass is 10.0. The monoisotopic (exact) mass is 159 g/mol. The molecular weight excluding hydrogens is 142 g/mol. The summed E-state index contributed by atoms with van der Waals surface area (Å²) in [5.41, 5.74) is 0. The van der Waals surface area contributed by atoms with Gasteiger partial charge in [0.1, 0.15) is 0 Å². The zero-order chi connectivity index (χ0) is 8.85. The fraction of sp³-hybridized carbons (Fsp3) is 0.875. The molecule has 66 valence electrons. The molecule has 0 radical (unpaired) electrons. The van der Waals surface area contributed by atoms with Gasteiger partial charge in [0.05, 0.1) is 6.10 Å². The number of hydrogen-bond donors (Lipinski definition) is 2. The molecule has 3 nitrogen and oxygen atoms in total. The highest BCUT2D eigenvalue weighted by Gasteiger charge is 2.14. The molecule has 0 aliphatic rings. The van der Waals surface area contributed by atoms with Gasteiger partial charge in [-0.3, -0.25) is 4.79 Å². The van der Waals surface area contributed by atoms with E-state index < -0.39 is 0 Å². The van der Waals surface area contributed by atoms with Crippen molar-refractivity contribution >= 4 is 5.91 Å². The van der Waals surface area contributed by atoms with Gasteiger partial charge >= 0.3 is 0 Å². The first-order valence-corrected chi connectivity index (χ1v) is 4.01. The van der Waals surface area contributed by atoms with Crippen LogP contribution in [-0.2, 0) is 4.79 Å². The van der Waals surface area contributed by atoms with E-state index in [2.05, 4.69) is 5.32 Å². The maximum Gasteiger partial charge on any atom is 0.222 e. The van der Waals surface area contributed by atoms with Crippen LogP contribution in [0.25, 0.3) is 0 Å². The van der Waals surface area contributed by atoms with Gasteiger partial charge < -0.3 is 10.4 Å². The minimum atomic E-state index is -0.345. The summed E-state index contributed by atoms with van der Waals surface area (Å²) in [7, 11) is 1.61. The number of hydrogen-bond acceptors (Lipinski definition) is 2. The Balaban J connectivity index is 3.67. The third kappa shape index (κ3) is 3.98. The Labute approximate surface area is 67.8 Å². The van der Waals surface area contributed by atoms with Crippen molar-refractivity contribution in [2.75, 3.05) is 7.05 Å². The van der Waals surface area contributed by atoms with E-state index in [0.29, 0.717) is 12.8 Å². The van der Waals surface area contributed by atoms with Gasteiger partial charge in [-0.1, -0.05) is 13.8 Å². The molecule has 0 saturated heterocycles. The van der Waals surface area contributed by atoms with Crippen LogP contribution in [-0.4, -0.2) is 24.2 Å². The lowest BCUT2D eigenvalue weighted by Crippen LogP contribution is -2.28. The predicted molar refractivity (Wildman–Crippen MR) is 44.1 cm³/mol. The van der Waals surface area contributed by atoms with Crippen molar-refractivity contribution in [3.8, 4) is 0 Å². The van der Waals surface area contributed by atoms with Gasteiger partial charge in [-0.15, -0.1) is 0 Å². The molecule has 0 aromatic rings. The maximum absolute atomic E-state index is 10.9. The van der Waals surface area contributed by atoms with Gasteiger partial charge in [0.25, 0.3) is 0 Å². The Morgan fingerprint density at radius 2 is 2.18 bits per heavy atom. The highest BCUT2D eigenvalue weighted by atomic mass is 16.3. The lowest BCUT2D eigenvalue weighted by Gasteiger charge is -2.12. The average Bonchev–Trinajstić information content (AvgIpc) is 2.02. The van der Waals surface area contributed by atoms with Gasteiger partial charge in [-0.05, 0) is 12.8 Å². The Morgan fingerprint density at radius 3 is 2.55 bits per heavy atom. The van der Waals surface area contributed by atoms with Crippen molar-refractivity contribution in [2.24, 2.45) is 5.92 Å². The van der Waals surface area contributed by atoms with Crippen LogP contribution in [0.5, 0.6) is 0 Å². The first kappa shape index (κ1) is 10.4. The van der Waals surface area contributed by atoms with Crippen LogP contribution in [0.15, 0.2) is 0 Å². The number of amides is 1. The normalized spacial score (nSPS) is 15.6. The summed E-state index contributed by atoms with van der Waals surface area (Å²) in [6.07, 6.45) is 0.916. The molecule has 11 heavy (non-hydrogen) atoms. The molecule has 0 heterocycles. The fourth-order valence-corrected chi connectivity index (χ4v) is 0.928. The van der Waals surface area contributed by atoms with Crippen LogP contribution in [0.3, 0.4) is 0 Å². The van der Waals surface area contributed by atoms with E-state index in [1.807, 2.05) is 13.8 Å². The number of rotatable bonds is 4. The summed E-state index contributed by atoms with van der Waals surface area (Å²) < 4.78 is 0. The quantitative estimate of drug-likeness (QED) is 0.628. The highest BCUT2D eigenvalue weighted by molar-refractivity contribution is 5.77. The SMILES string of the molecule is CC[C@H](O)C[C@@H](C)C(=O)NC. The second kappa shape index (κ2) is 5.13. The van der Waals surface area contributed by atoms with E-state index >= 15 is 0 Å². The van der Waals surface area contributed by atoms with E-state index in [1.54, 1.807) is 7.05 Å². The Kier molecular flexibility index (Phi) is 4.86. The van der Waals surface area contributed by atoms with Crippen molar-refractivity contribution in [1.82, 2.24) is 5.32 Å². The molecule has 3 heteroatoms. The molecule has 2 N–H and O–H groups in total. The highest BCUT2D eigenvalue weighted by Crippen LogP contribution is 2.07. The minimum absolute atomic E-state index is 0.00231. The summed E-state index contributed by atoms with van der Waals surface area (Å²) in [5.74, 6) is -0.0903. The first-order valence-electron chi connectivity index (χ1n) is 4.01. The number of carbonyl (C=O) groups excluding carboxylic acids is 1. The van der Waals surface area contributed by atoms with Crippen molar-refractivity contribution in [1.29, 1.82) is 0 Å². The molecule has 2 atom stereocenters. The smallest absolute Gasteiger partial charge is 0.222 e. The second-order valence-electron chi connectivity index (χ2n) is 2.81. The third-order valence-corrected chi connectivity index (χ3v) is 1.79. The predicted octanol–water partition coefficient (Wildman–Crippen LogP) is 0.529. The van der Waals surface area contributed by atoms with Crippen LogP contribution in [0, 0.1) is 5.92 Å². The summed E-state index contributed by atoms with van der Waals surface area (Å²) in [5, 5.41) is 11.7. The van der Waals surface area contributed by atoms with Gasteiger partial charge in [0.15, 0.2) is 0 Å². The Morgan fingerprint density at radius 1 is 1.64 bits per heavy atom. The van der Waals surface area contributed by atoms with Gasteiger partial charge in [-0.25, -0.2) is 0 Å². The van der Waals surface area contributed by atoms with Gasteiger partial charge in [0.2, 0.25) is 5.91 Å². The van der Waals surface area contributed by atoms with Crippen LogP contribution in [0.1, 0.15) is 26.7 Å². The van der Waals surface area contributed by atoms with E-state index in [4.69, 9.17) is 0 Å². The van der Waals surface area contributed by atoms with Gasteiger partial charge in [-0.2, -0.15) is 0 Å². The molecular formula is C8H17NO2. The van der Waals surface area contributed by atoms with E-state index in [0.717, 1.165) is 0 Å². The molecule has 0 aromatic heterocycles. The van der Waals surface area contributed by atoms with Crippen LogP contribution in [0.4, 0.5) is 0 Å². The minimum Gasteiger partial charge on any atom is -0.393 e. The molecule has 0 saturated carbocycles. The van der Waals surface area contributed by atoms with Crippen LogP contribution < -0.4 is 5.32 Å². The Hall–Kier alpha value is -0.570. The lowest BCUT2D eigenvalue weighted by molar-refractivity contribution is -0.124. The van der Waals surface area contributed by atoms with Crippen LogP contribution >= 0.6 is 0 Å². The van der Waals surface area contributed by atoms with Crippen molar-refractivity contribution in [3.05, 3.63) is 0 Å². The molecule has 0 bridgehead atoms. The molecule has 0 aliphatic heterocycles. The van der Waals surface area contributed by atoms with Crippen molar-refractivity contribution < 1.29 is 9.90 Å². The number of nitrogens with one attached hydrogen (secondary N) is 1. The summed E-state index contributed by atoms with van der Waals surface area (Å²) >= 11 is 0. The summed E-state index contributed by atoms with van der Waals surface area (Å²) in [4.78, 5) is 10.9. The molecule has 0 unspecified atom stereocenters. The third-order valence-electron chi connectivity index (χ3n) is 1.79. The average molecular weight is 159 g/mol. The first-order chi connectivity index (χ1) is 5.11. The molecule has 0 spiro atoms. The molecule has 0 aromatic carbocycles. The van der Waals surface area contributed by atoms with E-state index in [9.17, 15) is 9.90 Å². The van der Waals surface area contributed by atoms with E-state index in [1.165, 1.54) is 0 Å². The van der Waals surface area contributed by atoms with E-state index in [-0.39, 0.29) is 17.9 Å². The number of carbonyl (C=O) groups is 1. The second-order valence-corrected chi connectivity index (χ2v) is 2.81. The summed E-state index contributed by atoms with van der Waals surface area (Å²) in [6.45, 7) is 3.72. The molecule has 0 fully saturated rings. The Bertz CT molecular complexity index is 125. The van der Waals surface area contributed by atoms with Gasteiger partial charge in [0, 0.05) is 13.0 Å². The van der Waals surface area contributed by atoms with Crippen molar-refractivity contribution in [2.45, 2.75) is 32.8 Å². The largest absolute Gasteiger partial charge is 0.393 e. The summed E-state index contributed by atoms with van der Waals surface area (Å²) in [6, 6.07) is 0. The standard InChI is InChI=1S/C8H17NO2/c1-4-7(10)5-6(2)8(11)9-3/h6-7,10H,4-5H2,1-3H3,(H,9,11)/t6-,7+/m1/s1. The van der Waals surface area contributed by atoms with Crippen molar-refractivity contribution in [3.63, 3.8) is 0 Å². The number of aliphatic hydroxyl groups is 1. The molecule has 1 amide bonds. The topological polar surface area (TPSA) is 49.3 Å². The molecule has 0 aliphatic carbocycles. The molecule has 0 rings (SSSR count).